The van der Waals surface area contributed by atoms with Crippen LogP contribution in [0, 0.1) is 6.92 Å². The van der Waals surface area contributed by atoms with Gasteiger partial charge in [-0.2, -0.15) is 0 Å². The highest BCUT2D eigenvalue weighted by Crippen LogP contribution is 2.20. The average Bonchev–Trinajstić information content (AvgIpc) is 2.67. The van der Waals surface area contributed by atoms with Gasteiger partial charge in [-0.25, -0.2) is 4.98 Å². The van der Waals surface area contributed by atoms with Crippen LogP contribution in [0.5, 0.6) is 0 Å². The maximum atomic E-state index is 11.0. The number of aryl methyl sites for hydroxylation is 1. The third kappa shape index (κ3) is 3.47. The minimum atomic E-state index is -0.248. The van der Waals surface area contributed by atoms with Gasteiger partial charge >= 0.3 is 5.97 Å². The summed E-state index contributed by atoms with van der Waals surface area (Å²) in [6.45, 7) is 2.03. The Labute approximate surface area is 114 Å². The SMILES string of the molecule is Br.COC(=O)CSc1nc2ccc(C)cc2[nH]1. The second-order valence-corrected chi connectivity index (χ2v) is 4.39. The number of rotatable bonds is 3. The first-order valence-corrected chi connectivity index (χ1v) is 5.83. The van der Waals surface area contributed by atoms with Crippen molar-refractivity contribution in [2.75, 3.05) is 12.9 Å². The number of nitrogens with zero attached hydrogens (tertiary/aromatic N) is 1. The Morgan fingerprint density at radius 2 is 2.29 bits per heavy atom. The molecule has 0 aliphatic rings. The third-order valence-electron chi connectivity index (χ3n) is 2.17. The first-order chi connectivity index (χ1) is 7.69. The van der Waals surface area contributed by atoms with E-state index in [1.807, 2.05) is 25.1 Å². The summed E-state index contributed by atoms with van der Waals surface area (Å²) in [5.41, 5.74) is 3.09. The van der Waals surface area contributed by atoms with E-state index in [2.05, 4.69) is 14.7 Å². The second-order valence-electron chi connectivity index (χ2n) is 3.43. The van der Waals surface area contributed by atoms with Gasteiger partial charge in [0.15, 0.2) is 5.16 Å². The molecular formula is C11H13BrN2O2S. The molecule has 0 saturated heterocycles. The van der Waals surface area contributed by atoms with Crippen LogP contribution in [0.3, 0.4) is 0 Å². The maximum absolute atomic E-state index is 11.0. The van der Waals surface area contributed by atoms with Crippen LogP contribution in [0.15, 0.2) is 23.4 Å². The number of nitrogens with one attached hydrogen (secondary N) is 1. The molecule has 1 aromatic heterocycles. The van der Waals surface area contributed by atoms with Crippen molar-refractivity contribution in [3.05, 3.63) is 23.8 Å². The van der Waals surface area contributed by atoms with Crippen molar-refractivity contribution in [3.8, 4) is 0 Å². The molecule has 0 atom stereocenters. The number of methoxy groups -OCH3 is 1. The predicted molar refractivity (Wildman–Crippen MR) is 73.9 cm³/mol. The van der Waals surface area contributed by atoms with E-state index < -0.39 is 0 Å². The van der Waals surface area contributed by atoms with Gasteiger partial charge in [-0.05, 0) is 24.6 Å². The van der Waals surface area contributed by atoms with E-state index in [-0.39, 0.29) is 28.7 Å². The van der Waals surface area contributed by atoms with Crippen molar-refractivity contribution >= 4 is 45.7 Å². The number of ether oxygens (including phenoxy) is 1. The number of aromatic amines is 1. The smallest absolute Gasteiger partial charge is 0.316 e. The molecule has 92 valence electrons. The maximum Gasteiger partial charge on any atom is 0.316 e. The summed E-state index contributed by atoms with van der Waals surface area (Å²) >= 11 is 1.34. The Balaban J connectivity index is 0.00000144. The molecule has 6 heteroatoms. The van der Waals surface area contributed by atoms with Gasteiger partial charge in [0.2, 0.25) is 0 Å². The summed E-state index contributed by atoms with van der Waals surface area (Å²) < 4.78 is 4.56. The van der Waals surface area contributed by atoms with Crippen LogP contribution in [0.4, 0.5) is 0 Å². The fraction of sp³-hybridized carbons (Fsp3) is 0.273. The number of thioether (sulfide) groups is 1. The largest absolute Gasteiger partial charge is 0.468 e. The Hall–Kier alpha value is -1.01. The number of carbonyl (C=O) groups excluding carboxylic acids is 1. The first-order valence-electron chi connectivity index (χ1n) is 4.85. The minimum Gasteiger partial charge on any atom is -0.468 e. The lowest BCUT2D eigenvalue weighted by Crippen LogP contribution is -2.02. The molecule has 2 aromatic rings. The van der Waals surface area contributed by atoms with Gasteiger partial charge in [-0.1, -0.05) is 17.8 Å². The lowest BCUT2D eigenvalue weighted by molar-refractivity contribution is -0.137. The lowest BCUT2D eigenvalue weighted by Gasteiger charge is -1.95. The van der Waals surface area contributed by atoms with E-state index in [9.17, 15) is 4.79 Å². The van der Waals surface area contributed by atoms with E-state index in [0.717, 1.165) is 16.2 Å². The predicted octanol–water partition coefficient (Wildman–Crippen LogP) is 2.71. The van der Waals surface area contributed by atoms with E-state index in [0.29, 0.717) is 0 Å². The molecule has 2 rings (SSSR count). The fourth-order valence-electron chi connectivity index (χ4n) is 1.35. The molecule has 0 unspecified atom stereocenters. The van der Waals surface area contributed by atoms with Crippen molar-refractivity contribution in [1.82, 2.24) is 9.97 Å². The summed E-state index contributed by atoms with van der Waals surface area (Å²) in [6.07, 6.45) is 0. The van der Waals surface area contributed by atoms with Crippen LogP contribution in [0.25, 0.3) is 11.0 Å². The number of esters is 1. The fourth-order valence-corrected chi connectivity index (χ4v) is 2.07. The number of hydrogen-bond donors (Lipinski definition) is 1. The topological polar surface area (TPSA) is 55.0 Å². The Bertz CT molecular complexity index is 527. The van der Waals surface area contributed by atoms with Gasteiger partial charge in [-0.15, -0.1) is 17.0 Å². The van der Waals surface area contributed by atoms with E-state index in [1.165, 1.54) is 24.4 Å². The normalized spacial score (nSPS) is 10.0. The van der Waals surface area contributed by atoms with Crippen LogP contribution >= 0.6 is 28.7 Å². The van der Waals surface area contributed by atoms with Crippen LogP contribution in [0.1, 0.15) is 5.56 Å². The molecule has 1 N–H and O–H groups in total. The summed E-state index contributed by atoms with van der Waals surface area (Å²) in [7, 11) is 1.38. The van der Waals surface area contributed by atoms with Gasteiger partial charge in [0.1, 0.15) is 0 Å². The van der Waals surface area contributed by atoms with Gasteiger partial charge in [0, 0.05) is 0 Å². The van der Waals surface area contributed by atoms with E-state index in [1.54, 1.807) is 0 Å². The molecule has 0 amide bonds. The minimum absolute atomic E-state index is 0. The lowest BCUT2D eigenvalue weighted by atomic mass is 10.2. The third-order valence-corrected chi connectivity index (χ3v) is 3.02. The number of H-pyrrole nitrogens is 1. The van der Waals surface area contributed by atoms with Gasteiger partial charge in [0.05, 0.1) is 23.9 Å². The van der Waals surface area contributed by atoms with Crippen molar-refractivity contribution < 1.29 is 9.53 Å². The number of aromatic nitrogens is 2. The number of imidazole rings is 1. The number of carbonyl (C=O) groups is 1. The van der Waals surface area contributed by atoms with Crippen molar-refractivity contribution in [2.45, 2.75) is 12.1 Å². The van der Waals surface area contributed by atoms with Crippen LogP contribution in [0.2, 0.25) is 0 Å². The molecule has 17 heavy (non-hydrogen) atoms. The van der Waals surface area contributed by atoms with Crippen LogP contribution in [-0.2, 0) is 9.53 Å². The zero-order valence-electron chi connectivity index (χ0n) is 9.52. The number of hydrogen-bond acceptors (Lipinski definition) is 4. The highest BCUT2D eigenvalue weighted by Gasteiger charge is 2.06. The van der Waals surface area contributed by atoms with E-state index in [4.69, 9.17) is 0 Å². The molecular weight excluding hydrogens is 304 g/mol. The molecule has 0 aliphatic heterocycles. The summed E-state index contributed by atoms with van der Waals surface area (Å²) in [4.78, 5) is 18.5. The van der Waals surface area contributed by atoms with Crippen molar-refractivity contribution in [3.63, 3.8) is 0 Å². The Morgan fingerprint density at radius 3 is 3.00 bits per heavy atom. The number of benzene rings is 1. The summed E-state index contributed by atoms with van der Waals surface area (Å²) in [5, 5.41) is 0.742. The van der Waals surface area contributed by atoms with Crippen molar-refractivity contribution in [1.29, 1.82) is 0 Å². The van der Waals surface area contributed by atoms with Crippen LogP contribution < -0.4 is 0 Å². The highest BCUT2D eigenvalue weighted by atomic mass is 79.9. The molecule has 0 fully saturated rings. The van der Waals surface area contributed by atoms with Crippen molar-refractivity contribution in [2.24, 2.45) is 0 Å². The summed E-state index contributed by atoms with van der Waals surface area (Å²) in [6, 6.07) is 6.01. The first kappa shape index (κ1) is 14.1. The molecule has 0 aliphatic carbocycles. The highest BCUT2D eigenvalue weighted by molar-refractivity contribution is 8.93. The Kier molecular flexibility index (Phi) is 5.02. The molecule has 4 nitrogen and oxygen atoms in total. The molecule has 1 aromatic carbocycles. The van der Waals surface area contributed by atoms with Gasteiger partial charge in [0.25, 0.3) is 0 Å². The molecule has 1 heterocycles. The standard InChI is InChI=1S/C11H12N2O2S.BrH/c1-7-3-4-8-9(5-7)13-11(12-8)16-6-10(14)15-2;/h3-5H,6H2,1-2H3,(H,12,13);1H. The number of fused-ring (bicyclic) bond motifs is 1. The molecule has 0 radical (unpaired) electrons. The molecule has 0 bridgehead atoms. The number of halogens is 1. The monoisotopic (exact) mass is 316 g/mol. The quantitative estimate of drug-likeness (QED) is 0.698. The molecule has 0 saturated carbocycles. The van der Waals surface area contributed by atoms with E-state index >= 15 is 0 Å². The van der Waals surface area contributed by atoms with Crippen LogP contribution in [-0.4, -0.2) is 28.8 Å². The molecule has 0 spiro atoms. The summed E-state index contributed by atoms with van der Waals surface area (Å²) in [5.74, 6) is 0.0246. The second kappa shape index (κ2) is 6.07. The zero-order valence-corrected chi connectivity index (χ0v) is 12.0. The zero-order chi connectivity index (χ0) is 11.5. The van der Waals surface area contributed by atoms with Gasteiger partial charge in [-0.3, -0.25) is 4.79 Å². The average molecular weight is 317 g/mol. The Morgan fingerprint density at radius 1 is 1.53 bits per heavy atom. The van der Waals surface area contributed by atoms with Gasteiger partial charge < -0.3 is 9.72 Å².